The number of benzene rings is 2. The van der Waals surface area contributed by atoms with E-state index in [2.05, 4.69) is 16.3 Å². The van der Waals surface area contributed by atoms with Gasteiger partial charge in [0.15, 0.2) is 0 Å². The van der Waals surface area contributed by atoms with Crippen LogP contribution in [-0.4, -0.2) is 30.4 Å². The Balaban J connectivity index is 1.47. The van der Waals surface area contributed by atoms with Crippen molar-refractivity contribution in [3.8, 4) is 12.1 Å². The molecule has 5 heteroatoms. The van der Waals surface area contributed by atoms with Gasteiger partial charge in [0.2, 0.25) is 0 Å². The van der Waals surface area contributed by atoms with Gasteiger partial charge >= 0.3 is 0 Å². The van der Waals surface area contributed by atoms with Crippen LogP contribution in [0.25, 0.3) is 0 Å². The van der Waals surface area contributed by atoms with E-state index in [1.165, 1.54) is 0 Å². The fourth-order valence-corrected chi connectivity index (χ4v) is 3.26. The van der Waals surface area contributed by atoms with Gasteiger partial charge in [0.05, 0.1) is 23.3 Å². The molecule has 0 saturated carbocycles. The average molecular weight is 344 g/mol. The minimum absolute atomic E-state index is 0.102. The van der Waals surface area contributed by atoms with Gasteiger partial charge in [-0.3, -0.25) is 9.69 Å². The van der Waals surface area contributed by atoms with E-state index in [1.807, 2.05) is 30.3 Å². The zero-order valence-electron chi connectivity index (χ0n) is 14.5. The van der Waals surface area contributed by atoms with Crippen molar-refractivity contribution in [1.82, 2.24) is 10.2 Å². The Morgan fingerprint density at radius 3 is 2.62 bits per heavy atom. The second-order valence-corrected chi connectivity index (χ2v) is 6.60. The third-order valence-electron chi connectivity index (χ3n) is 4.66. The SMILES string of the molecule is N#Cc1ccc(C(=O)NCC2CCN(Cc3cccc(C#N)c3)C2)cc1. The first-order valence-corrected chi connectivity index (χ1v) is 8.67. The number of amides is 1. The van der Waals surface area contributed by atoms with E-state index in [0.29, 0.717) is 29.2 Å². The Hall–Kier alpha value is -3.15. The minimum atomic E-state index is -0.102. The van der Waals surface area contributed by atoms with Crippen molar-refractivity contribution in [1.29, 1.82) is 10.5 Å². The molecular formula is C21H20N4O. The molecule has 0 bridgehead atoms. The van der Waals surface area contributed by atoms with E-state index < -0.39 is 0 Å². The maximum absolute atomic E-state index is 12.2. The van der Waals surface area contributed by atoms with E-state index in [0.717, 1.165) is 31.6 Å². The predicted octanol–water partition coefficient (Wildman–Crippen LogP) is 2.68. The summed E-state index contributed by atoms with van der Waals surface area (Å²) < 4.78 is 0. The van der Waals surface area contributed by atoms with Crippen molar-refractivity contribution < 1.29 is 4.79 Å². The fourth-order valence-electron chi connectivity index (χ4n) is 3.26. The number of hydrogen-bond donors (Lipinski definition) is 1. The lowest BCUT2D eigenvalue weighted by atomic mass is 10.1. The second-order valence-electron chi connectivity index (χ2n) is 6.60. The fraction of sp³-hybridized carbons (Fsp3) is 0.286. The summed E-state index contributed by atoms with van der Waals surface area (Å²) in [5.74, 6) is 0.325. The second kappa shape index (κ2) is 8.29. The highest BCUT2D eigenvalue weighted by Crippen LogP contribution is 2.18. The molecule has 2 aromatic carbocycles. The maximum atomic E-state index is 12.2. The quantitative estimate of drug-likeness (QED) is 0.904. The Morgan fingerprint density at radius 2 is 1.88 bits per heavy atom. The van der Waals surface area contributed by atoms with Crippen LogP contribution in [0.1, 0.15) is 33.5 Å². The highest BCUT2D eigenvalue weighted by atomic mass is 16.1. The Kier molecular flexibility index (Phi) is 5.63. The number of carbonyl (C=O) groups excluding carboxylic acids is 1. The topological polar surface area (TPSA) is 79.9 Å². The van der Waals surface area contributed by atoms with E-state index >= 15 is 0 Å². The highest BCUT2D eigenvalue weighted by molar-refractivity contribution is 5.94. The number of nitrogens with zero attached hydrogens (tertiary/aromatic N) is 3. The standard InChI is InChI=1S/C21H20N4O/c22-11-16-4-6-20(7-5-16)21(26)24-13-19-8-9-25(15-19)14-18-3-1-2-17(10-18)12-23/h1-7,10,19H,8-9,13-15H2,(H,24,26). The Labute approximate surface area is 153 Å². The first-order valence-electron chi connectivity index (χ1n) is 8.67. The monoisotopic (exact) mass is 344 g/mol. The van der Waals surface area contributed by atoms with Crippen LogP contribution in [0.3, 0.4) is 0 Å². The predicted molar refractivity (Wildman–Crippen MR) is 98.0 cm³/mol. The number of rotatable bonds is 5. The number of hydrogen-bond acceptors (Lipinski definition) is 4. The molecule has 26 heavy (non-hydrogen) atoms. The zero-order chi connectivity index (χ0) is 18.4. The van der Waals surface area contributed by atoms with Gasteiger partial charge in [-0.1, -0.05) is 12.1 Å². The van der Waals surface area contributed by atoms with Crippen LogP contribution in [0.5, 0.6) is 0 Å². The van der Waals surface area contributed by atoms with Gasteiger partial charge in [-0.15, -0.1) is 0 Å². The summed E-state index contributed by atoms with van der Waals surface area (Å²) in [6, 6.07) is 18.6. The van der Waals surface area contributed by atoms with Crippen LogP contribution in [-0.2, 0) is 6.54 Å². The van der Waals surface area contributed by atoms with E-state index in [1.54, 1.807) is 24.3 Å². The molecule has 1 saturated heterocycles. The molecule has 2 aromatic rings. The Bertz CT molecular complexity index is 861. The maximum Gasteiger partial charge on any atom is 0.251 e. The molecule has 0 radical (unpaired) electrons. The molecule has 130 valence electrons. The number of carbonyl (C=O) groups is 1. The van der Waals surface area contributed by atoms with Gasteiger partial charge in [0.25, 0.3) is 5.91 Å². The smallest absolute Gasteiger partial charge is 0.251 e. The van der Waals surface area contributed by atoms with E-state index in [9.17, 15) is 4.79 Å². The molecule has 1 amide bonds. The van der Waals surface area contributed by atoms with Crippen molar-refractivity contribution in [3.63, 3.8) is 0 Å². The average Bonchev–Trinajstić information content (AvgIpc) is 3.13. The van der Waals surface area contributed by atoms with Gasteiger partial charge < -0.3 is 5.32 Å². The van der Waals surface area contributed by atoms with Gasteiger partial charge in [0.1, 0.15) is 0 Å². The molecule has 1 N–H and O–H groups in total. The first kappa shape index (κ1) is 17.7. The summed E-state index contributed by atoms with van der Waals surface area (Å²) in [7, 11) is 0. The van der Waals surface area contributed by atoms with E-state index in [4.69, 9.17) is 10.5 Å². The minimum Gasteiger partial charge on any atom is -0.352 e. The third kappa shape index (κ3) is 4.47. The lowest BCUT2D eigenvalue weighted by Crippen LogP contribution is -2.30. The third-order valence-corrected chi connectivity index (χ3v) is 4.66. The zero-order valence-corrected chi connectivity index (χ0v) is 14.5. The van der Waals surface area contributed by atoms with Crippen LogP contribution >= 0.6 is 0 Å². The molecule has 1 atom stereocenters. The molecule has 5 nitrogen and oxygen atoms in total. The first-order chi connectivity index (χ1) is 12.7. The molecule has 0 spiro atoms. The van der Waals surface area contributed by atoms with Crippen LogP contribution in [0, 0.1) is 28.6 Å². The van der Waals surface area contributed by atoms with Gasteiger partial charge in [0, 0.05) is 25.2 Å². The molecular weight excluding hydrogens is 324 g/mol. The number of nitrogens with one attached hydrogen (secondary N) is 1. The largest absolute Gasteiger partial charge is 0.352 e. The summed E-state index contributed by atoms with van der Waals surface area (Å²) >= 11 is 0. The van der Waals surface area contributed by atoms with Crippen molar-refractivity contribution in [3.05, 3.63) is 70.8 Å². The van der Waals surface area contributed by atoms with Gasteiger partial charge in [-0.25, -0.2) is 0 Å². The van der Waals surface area contributed by atoms with Crippen molar-refractivity contribution in [2.45, 2.75) is 13.0 Å². The summed E-state index contributed by atoms with van der Waals surface area (Å²) in [4.78, 5) is 14.6. The summed E-state index contributed by atoms with van der Waals surface area (Å²) in [5.41, 5.74) is 2.96. The Morgan fingerprint density at radius 1 is 1.12 bits per heavy atom. The van der Waals surface area contributed by atoms with Crippen LogP contribution < -0.4 is 5.32 Å². The van der Waals surface area contributed by atoms with Crippen LogP contribution in [0.2, 0.25) is 0 Å². The van der Waals surface area contributed by atoms with E-state index in [-0.39, 0.29) is 5.91 Å². The summed E-state index contributed by atoms with van der Waals surface area (Å²) in [5, 5.41) is 20.8. The van der Waals surface area contributed by atoms with Gasteiger partial charge in [-0.05, 0) is 60.8 Å². The molecule has 3 rings (SSSR count). The molecule has 1 fully saturated rings. The molecule has 1 aliphatic heterocycles. The highest BCUT2D eigenvalue weighted by Gasteiger charge is 2.23. The lowest BCUT2D eigenvalue weighted by molar-refractivity contribution is 0.0947. The molecule has 1 aliphatic rings. The summed E-state index contributed by atoms with van der Waals surface area (Å²) in [6.45, 7) is 3.40. The van der Waals surface area contributed by atoms with Crippen molar-refractivity contribution >= 4 is 5.91 Å². The molecule has 0 aliphatic carbocycles. The van der Waals surface area contributed by atoms with Crippen LogP contribution in [0.15, 0.2) is 48.5 Å². The molecule has 1 unspecified atom stereocenters. The van der Waals surface area contributed by atoms with Crippen molar-refractivity contribution in [2.24, 2.45) is 5.92 Å². The van der Waals surface area contributed by atoms with Crippen LogP contribution in [0.4, 0.5) is 0 Å². The van der Waals surface area contributed by atoms with Gasteiger partial charge in [-0.2, -0.15) is 10.5 Å². The lowest BCUT2D eigenvalue weighted by Gasteiger charge is -2.16. The number of nitriles is 2. The molecule has 0 aromatic heterocycles. The summed E-state index contributed by atoms with van der Waals surface area (Å²) in [6.07, 6.45) is 1.05. The molecule has 1 heterocycles. The number of likely N-dealkylation sites (tertiary alicyclic amines) is 1. The normalized spacial score (nSPS) is 16.6. The van der Waals surface area contributed by atoms with Crippen molar-refractivity contribution in [2.75, 3.05) is 19.6 Å².